The molecule has 9 nitrogen and oxygen atoms in total. The zero-order valence-electron chi connectivity index (χ0n) is 34.7. The monoisotopic (exact) mass is 892 g/mol. The van der Waals surface area contributed by atoms with Gasteiger partial charge in [-0.15, -0.1) is 19.7 Å². The minimum atomic E-state index is -1.27. The molecule has 0 aliphatic heterocycles. The maximum atomic E-state index is 13.1. The van der Waals surface area contributed by atoms with Crippen LogP contribution < -0.4 is 0 Å². The van der Waals surface area contributed by atoms with Crippen LogP contribution in [0.3, 0.4) is 0 Å². The molecule has 12 atom stereocenters. The first-order valence-corrected chi connectivity index (χ1v) is 22.2. The van der Waals surface area contributed by atoms with E-state index in [9.17, 15) is 29.7 Å². The molecule has 5 fully saturated rings. The molecular formula is C46H69IO9. The lowest BCUT2D eigenvalue weighted by atomic mass is 9.38. The fraction of sp³-hybridized carbons (Fsp3) is 0.761. The number of aliphatic hydroxyl groups excluding tert-OH is 3. The van der Waals surface area contributed by atoms with Gasteiger partial charge in [-0.1, -0.05) is 81.5 Å². The summed E-state index contributed by atoms with van der Waals surface area (Å²) in [5.74, 6) is -1.20. The number of ether oxygens (including phenoxy) is 3. The molecule has 0 amide bonds. The van der Waals surface area contributed by atoms with Gasteiger partial charge in [0.05, 0.1) is 24.2 Å². The Kier molecular flexibility index (Phi) is 13.6. The van der Waals surface area contributed by atoms with Crippen LogP contribution in [-0.4, -0.2) is 70.9 Å². The number of hydrogen-bond acceptors (Lipinski definition) is 9. The van der Waals surface area contributed by atoms with E-state index in [0.29, 0.717) is 44.9 Å². The van der Waals surface area contributed by atoms with E-state index in [-0.39, 0.29) is 71.9 Å². The van der Waals surface area contributed by atoms with Crippen LogP contribution in [-0.2, 0) is 28.6 Å². The largest absolute Gasteiger partial charge is 0.465 e. The van der Waals surface area contributed by atoms with E-state index in [1.165, 1.54) is 0 Å². The van der Waals surface area contributed by atoms with E-state index < -0.39 is 52.6 Å². The van der Waals surface area contributed by atoms with E-state index in [1.807, 2.05) is 30.1 Å². The Labute approximate surface area is 349 Å². The zero-order valence-corrected chi connectivity index (χ0v) is 36.8. The van der Waals surface area contributed by atoms with Crippen molar-refractivity contribution < 1.29 is 43.9 Å². The van der Waals surface area contributed by atoms with Gasteiger partial charge in [0.15, 0.2) is 0 Å². The van der Waals surface area contributed by atoms with Crippen LogP contribution in [0.2, 0.25) is 0 Å². The summed E-state index contributed by atoms with van der Waals surface area (Å²) in [6, 6.07) is 0. The van der Waals surface area contributed by atoms with Gasteiger partial charge in [-0.25, -0.2) is 0 Å². The highest BCUT2D eigenvalue weighted by molar-refractivity contribution is 14.1. The molecule has 5 aliphatic carbocycles. The van der Waals surface area contributed by atoms with Crippen LogP contribution in [0.25, 0.3) is 0 Å². The second kappa shape index (κ2) is 16.9. The lowest BCUT2D eigenvalue weighted by Crippen LogP contribution is -2.70. The molecule has 0 aromatic carbocycles. The van der Waals surface area contributed by atoms with Gasteiger partial charge in [-0.05, 0) is 115 Å². The highest BCUT2D eigenvalue weighted by Gasteiger charge is 2.83. The van der Waals surface area contributed by atoms with Crippen molar-refractivity contribution in [2.75, 3.05) is 13.2 Å². The molecule has 1 spiro atoms. The number of hydrogen-bond donors (Lipinski definition) is 3. The SMILES string of the molecule is C=CCCC(=O)OC[C@]1(C)C2CC[C@@](C)([C@@]3(C)CC4CC(C)(C)[C@@H](OC(=O)CCC=C)[C@H](O)[C@]4(COC(=O)CC/C=C\I)[C@H](O)C3)C3(CC=C)C[C@]23CC[C@@H]1O. The van der Waals surface area contributed by atoms with Crippen molar-refractivity contribution in [3.05, 3.63) is 48.1 Å². The number of fused-ring (bicyclic) bond motifs is 1. The molecule has 314 valence electrons. The molecule has 56 heavy (non-hydrogen) atoms. The van der Waals surface area contributed by atoms with Crippen molar-refractivity contribution in [1.82, 2.24) is 0 Å². The molecule has 5 saturated carbocycles. The first-order chi connectivity index (χ1) is 26.3. The summed E-state index contributed by atoms with van der Waals surface area (Å²) < 4.78 is 19.8. The molecule has 0 aromatic rings. The highest BCUT2D eigenvalue weighted by atomic mass is 127. The Hall–Kier alpha value is -2.02. The molecule has 0 saturated heterocycles. The van der Waals surface area contributed by atoms with E-state index in [4.69, 9.17) is 14.2 Å². The van der Waals surface area contributed by atoms with Crippen LogP contribution in [0.5, 0.6) is 0 Å². The van der Waals surface area contributed by atoms with Crippen LogP contribution >= 0.6 is 22.6 Å². The standard InChI is InChI=1S/C46H69IO9/c1-9-12-16-35(50)54-29-42(7)32-19-22-43(8,45(21-11-3)28-44(32,45)23-20-33(42)48)41(6)26-31-25-40(4,5)39(56-37(52)17-13-10-2)38(53)46(31,34(49)27-41)30-55-36(51)18-14-15-24-47/h9-11,15,24,31-34,38-39,48-49,53H,1-3,12-14,16-23,25-30H2,4-8H3/b24-15-/t31?,32?,33-,34+,38-,39-,41-,42+,43-,44+,45?,46-/m0/s1. The second-order valence-electron chi connectivity index (χ2n) is 19.6. The predicted octanol–water partition coefficient (Wildman–Crippen LogP) is 8.73. The predicted molar refractivity (Wildman–Crippen MR) is 225 cm³/mol. The van der Waals surface area contributed by atoms with Crippen LogP contribution in [0.1, 0.15) is 131 Å². The molecule has 5 rings (SSSR count). The molecule has 3 unspecified atom stereocenters. The molecule has 0 radical (unpaired) electrons. The minimum Gasteiger partial charge on any atom is -0.465 e. The summed E-state index contributed by atoms with van der Waals surface area (Å²) in [6.45, 7) is 22.6. The average Bonchev–Trinajstić information content (AvgIpc) is 3.81. The van der Waals surface area contributed by atoms with Gasteiger partial charge in [0, 0.05) is 30.1 Å². The summed E-state index contributed by atoms with van der Waals surface area (Å²) in [6.07, 6.45) is 12.2. The molecule has 3 N–H and O–H groups in total. The van der Waals surface area contributed by atoms with E-state index in [1.54, 1.807) is 12.2 Å². The van der Waals surface area contributed by atoms with Gasteiger partial charge in [0.2, 0.25) is 0 Å². The molecule has 0 bridgehead atoms. The second-order valence-corrected chi connectivity index (χ2v) is 20.3. The normalized spacial score (nSPS) is 42.3. The molecule has 0 aromatic heterocycles. The topological polar surface area (TPSA) is 140 Å². The summed E-state index contributed by atoms with van der Waals surface area (Å²) >= 11 is 2.11. The number of esters is 3. The Morgan fingerprint density at radius 3 is 2.02 bits per heavy atom. The van der Waals surface area contributed by atoms with Gasteiger partial charge in [-0.2, -0.15) is 0 Å². The molecular weight excluding hydrogens is 823 g/mol. The van der Waals surface area contributed by atoms with E-state index in [0.717, 1.165) is 32.1 Å². The third-order valence-corrected chi connectivity index (χ3v) is 17.0. The maximum Gasteiger partial charge on any atom is 0.306 e. The number of rotatable bonds is 17. The maximum absolute atomic E-state index is 13.1. The van der Waals surface area contributed by atoms with Gasteiger partial charge in [0.1, 0.15) is 18.8 Å². The van der Waals surface area contributed by atoms with Gasteiger partial charge in [0.25, 0.3) is 0 Å². The number of allylic oxidation sites excluding steroid dienone is 4. The van der Waals surface area contributed by atoms with Crippen molar-refractivity contribution in [1.29, 1.82) is 0 Å². The minimum absolute atomic E-state index is 0.0871. The van der Waals surface area contributed by atoms with Gasteiger partial charge in [-0.3, -0.25) is 14.4 Å². The fourth-order valence-electron chi connectivity index (χ4n) is 13.2. The van der Waals surface area contributed by atoms with Crippen molar-refractivity contribution in [3.63, 3.8) is 0 Å². The Balaban J connectivity index is 1.50. The van der Waals surface area contributed by atoms with Crippen LogP contribution in [0.15, 0.2) is 48.1 Å². The van der Waals surface area contributed by atoms with Crippen molar-refractivity contribution in [2.24, 2.45) is 49.7 Å². The number of carbonyl (C=O) groups excluding carboxylic acids is 3. The van der Waals surface area contributed by atoms with Crippen LogP contribution in [0, 0.1) is 49.7 Å². The quantitative estimate of drug-likeness (QED) is 0.0567. The number of halogens is 1. The van der Waals surface area contributed by atoms with E-state index in [2.05, 4.69) is 63.1 Å². The highest BCUT2D eigenvalue weighted by Crippen LogP contribution is 2.89. The first-order valence-electron chi connectivity index (χ1n) is 21.0. The smallest absolute Gasteiger partial charge is 0.306 e. The van der Waals surface area contributed by atoms with E-state index >= 15 is 0 Å². The fourth-order valence-corrected chi connectivity index (χ4v) is 13.6. The molecule has 10 heteroatoms. The molecule has 0 heterocycles. The van der Waals surface area contributed by atoms with Gasteiger partial charge < -0.3 is 29.5 Å². The van der Waals surface area contributed by atoms with Crippen molar-refractivity contribution in [2.45, 2.75) is 155 Å². The molecule has 5 aliphatic rings. The summed E-state index contributed by atoms with van der Waals surface area (Å²) in [5.41, 5.74) is -3.36. The van der Waals surface area contributed by atoms with Crippen LogP contribution in [0.4, 0.5) is 0 Å². The Morgan fingerprint density at radius 2 is 1.39 bits per heavy atom. The van der Waals surface area contributed by atoms with Gasteiger partial charge >= 0.3 is 17.9 Å². The zero-order chi connectivity index (χ0) is 41.4. The summed E-state index contributed by atoms with van der Waals surface area (Å²) in [5, 5.41) is 36.8. The third kappa shape index (κ3) is 7.41. The lowest BCUT2D eigenvalue weighted by molar-refractivity contribution is -0.275. The summed E-state index contributed by atoms with van der Waals surface area (Å²) in [7, 11) is 0. The van der Waals surface area contributed by atoms with Crippen molar-refractivity contribution >= 4 is 40.5 Å². The number of aliphatic hydroxyl groups is 3. The average molecular weight is 893 g/mol. The number of carbonyl (C=O) groups is 3. The summed E-state index contributed by atoms with van der Waals surface area (Å²) in [4.78, 5) is 38.9. The van der Waals surface area contributed by atoms with Crippen molar-refractivity contribution in [3.8, 4) is 0 Å². The Bertz CT molecular complexity index is 1540. The third-order valence-electron chi connectivity index (χ3n) is 16.4. The lowest BCUT2D eigenvalue weighted by Gasteiger charge is -2.68. The first kappa shape index (κ1) is 45.1. The Morgan fingerprint density at radius 1 is 0.768 bits per heavy atom.